The number of rotatable bonds is 4. The fourth-order valence-electron chi connectivity index (χ4n) is 0.946. The molecule has 1 unspecified atom stereocenters. The van der Waals surface area contributed by atoms with Gasteiger partial charge in [-0.1, -0.05) is 0 Å². The minimum atomic E-state index is -0.584. The molecule has 0 spiro atoms. The maximum absolute atomic E-state index is 11.3. The number of aromatic nitrogens is 1. The van der Waals surface area contributed by atoms with Gasteiger partial charge >= 0.3 is 0 Å². The number of H-pyrrole nitrogens is 1. The molecule has 5 heteroatoms. The molecule has 0 radical (unpaired) electrons. The summed E-state index contributed by atoms with van der Waals surface area (Å²) in [5.74, 6) is -0.334. The van der Waals surface area contributed by atoms with E-state index in [1.54, 1.807) is 6.92 Å². The standard InChI is InChI=1S/C9H12N2O3/c1-6(13)3-11-9(14)8-2-7(5-12)4-10-8/h2,4-6,10,13H,3H2,1H3,(H,11,14). The van der Waals surface area contributed by atoms with Gasteiger partial charge in [0.1, 0.15) is 5.69 Å². The molecule has 14 heavy (non-hydrogen) atoms. The summed E-state index contributed by atoms with van der Waals surface area (Å²) in [6.07, 6.45) is 1.52. The van der Waals surface area contributed by atoms with Crippen molar-refractivity contribution >= 4 is 12.2 Å². The first-order chi connectivity index (χ1) is 6.63. The minimum absolute atomic E-state index is 0.189. The lowest BCUT2D eigenvalue weighted by Crippen LogP contribution is -2.30. The first kappa shape index (κ1) is 10.5. The maximum atomic E-state index is 11.3. The normalized spacial score (nSPS) is 12.1. The van der Waals surface area contributed by atoms with Gasteiger partial charge < -0.3 is 15.4 Å². The van der Waals surface area contributed by atoms with Crippen molar-refractivity contribution in [3.8, 4) is 0 Å². The number of aliphatic hydroxyl groups excluding tert-OH is 1. The molecular weight excluding hydrogens is 184 g/mol. The van der Waals surface area contributed by atoms with Gasteiger partial charge in [0.25, 0.3) is 5.91 Å². The van der Waals surface area contributed by atoms with Crippen LogP contribution >= 0.6 is 0 Å². The van der Waals surface area contributed by atoms with Crippen molar-refractivity contribution in [1.82, 2.24) is 10.3 Å². The minimum Gasteiger partial charge on any atom is -0.392 e. The molecule has 1 aromatic rings. The summed E-state index contributed by atoms with van der Waals surface area (Å²) in [6, 6.07) is 1.45. The van der Waals surface area contributed by atoms with Crippen LogP contribution in [0.2, 0.25) is 0 Å². The van der Waals surface area contributed by atoms with Gasteiger partial charge in [-0.05, 0) is 13.0 Å². The summed E-state index contributed by atoms with van der Waals surface area (Å²) in [5.41, 5.74) is 0.736. The Kier molecular flexibility index (Phi) is 3.41. The Morgan fingerprint density at radius 3 is 3.00 bits per heavy atom. The van der Waals surface area contributed by atoms with Gasteiger partial charge in [0.15, 0.2) is 6.29 Å². The molecule has 76 valence electrons. The average molecular weight is 196 g/mol. The number of carbonyl (C=O) groups is 2. The SMILES string of the molecule is CC(O)CNC(=O)c1cc(C=O)c[nH]1. The fourth-order valence-corrected chi connectivity index (χ4v) is 0.946. The first-order valence-corrected chi connectivity index (χ1v) is 4.23. The molecule has 5 nitrogen and oxygen atoms in total. The molecule has 3 N–H and O–H groups in total. The van der Waals surface area contributed by atoms with Gasteiger partial charge in [-0.15, -0.1) is 0 Å². The van der Waals surface area contributed by atoms with Crippen LogP contribution < -0.4 is 5.32 Å². The molecule has 1 heterocycles. The lowest BCUT2D eigenvalue weighted by molar-refractivity contribution is 0.0919. The quantitative estimate of drug-likeness (QED) is 0.590. The Morgan fingerprint density at radius 2 is 2.50 bits per heavy atom. The van der Waals surface area contributed by atoms with E-state index in [2.05, 4.69) is 10.3 Å². The van der Waals surface area contributed by atoms with Crippen molar-refractivity contribution in [2.45, 2.75) is 13.0 Å². The lowest BCUT2D eigenvalue weighted by Gasteiger charge is -2.04. The number of hydrogen-bond donors (Lipinski definition) is 3. The van der Waals surface area contributed by atoms with Crippen molar-refractivity contribution in [2.75, 3.05) is 6.54 Å². The number of hydrogen-bond acceptors (Lipinski definition) is 3. The number of carbonyl (C=O) groups excluding carboxylic acids is 2. The van der Waals surface area contributed by atoms with Gasteiger partial charge in [-0.3, -0.25) is 9.59 Å². The van der Waals surface area contributed by atoms with E-state index < -0.39 is 6.10 Å². The van der Waals surface area contributed by atoms with E-state index in [1.807, 2.05) is 0 Å². The third-order valence-electron chi connectivity index (χ3n) is 1.64. The smallest absolute Gasteiger partial charge is 0.267 e. The van der Waals surface area contributed by atoms with Crippen LogP contribution in [0.1, 0.15) is 27.8 Å². The molecule has 1 aromatic heterocycles. The largest absolute Gasteiger partial charge is 0.392 e. The van der Waals surface area contributed by atoms with E-state index in [0.29, 0.717) is 17.5 Å². The third kappa shape index (κ3) is 2.70. The summed E-state index contributed by atoms with van der Waals surface area (Å²) >= 11 is 0. The molecule has 0 aliphatic carbocycles. The van der Waals surface area contributed by atoms with E-state index in [9.17, 15) is 9.59 Å². The molecule has 0 saturated heterocycles. The van der Waals surface area contributed by atoms with Crippen LogP contribution in [0.5, 0.6) is 0 Å². The lowest BCUT2D eigenvalue weighted by atomic mass is 10.3. The van der Waals surface area contributed by atoms with E-state index in [4.69, 9.17) is 5.11 Å². The van der Waals surface area contributed by atoms with Crippen LogP contribution in [-0.4, -0.2) is 34.9 Å². The van der Waals surface area contributed by atoms with Crippen LogP contribution in [0, 0.1) is 0 Å². The van der Waals surface area contributed by atoms with Gasteiger partial charge in [0.2, 0.25) is 0 Å². The van der Waals surface area contributed by atoms with Crippen molar-refractivity contribution in [3.63, 3.8) is 0 Å². The second-order valence-electron chi connectivity index (χ2n) is 3.02. The van der Waals surface area contributed by atoms with Crippen LogP contribution in [0.25, 0.3) is 0 Å². The highest BCUT2D eigenvalue weighted by Gasteiger charge is 2.08. The third-order valence-corrected chi connectivity index (χ3v) is 1.64. The zero-order chi connectivity index (χ0) is 10.6. The molecule has 1 amide bonds. The number of aldehydes is 1. The molecular formula is C9H12N2O3. The summed E-state index contributed by atoms with van der Waals surface area (Å²) in [6.45, 7) is 1.76. The molecule has 0 aliphatic rings. The molecule has 0 saturated carbocycles. The van der Waals surface area contributed by atoms with Crippen LogP contribution in [-0.2, 0) is 0 Å². The van der Waals surface area contributed by atoms with Crippen molar-refractivity contribution in [1.29, 1.82) is 0 Å². The number of aromatic amines is 1. The number of amides is 1. The van der Waals surface area contributed by atoms with Crippen molar-refractivity contribution < 1.29 is 14.7 Å². The van der Waals surface area contributed by atoms with E-state index in [0.717, 1.165) is 0 Å². The van der Waals surface area contributed by atoms with Gasteiger partial charge in [-0.25, -0.2) is 0 Å². The zero-order valence-electron chi connectivity index (χ0n) is 7.78. The summed E-state index contributed by atoms with van der Waals surface area (Å²) < 4.78 is 0. The maximum Gasteiger partial charge on any atom is 0.267 e. The second-order valence-corrected chi connectivity index (χ2v) is 3.02. The van der Waals surface area contributed by atoms with E-state index in [1.165, 1.54) is 12.3 Å². The Balaban J connectivity index is 2.56. The summed E-state index contributed by atoms with van der Waals surface area (Å²) in [7, 11) is 0. The highest BCUT2D eigenvalue weighted by atomic mass is 16.3. The highest BCUT2D eigenvalue weighted by molar-refractivity contribution is 5.94. The summed E-state index contributed by atoms with van der Waals surface area (Å²) in [4.78, 5) is 24.3. The van der Waals surface area contributed by atoms with Crippen molar-refractivity contribution in [2.24, 2.45) is 0 Å². The summed E-state index contributed by atoms with van der Waals surface area (Å²) in [5, 5.41) is 11.4. The molecule has 0 aromatic carbocycles. The van der Waals surface area contributed by atoms with E-state index in [-0.39, 0.29) is 12.5 Å². The number of nitrogens with one attached hydrogen (secondary N) is 2. The predicted octanol–water partition coefficient (Wildman–Crippen LogP) is -0.0622. The Hall–Kier alpha value is -1.62. The van der Waals surface area contributed by atoms with Crippen LogP contribution in [0.15, 0.2) is 12.3 Å². The van der Waals surface area contributed by atoms with Crippen LogP contribution in [0.3, 0.4) is 0 Å². The average Bonchev–Trinajstić information content (AvgIpc) is 2.62. The predicted molar refractivity (Wildman–Crippen MR) is 50.2 cm³/mol. The fraction of sp³-hybridized carbons (Fsp3) is 0.333. The van der Waals surface area contributed by atoms with Crippen LogP contribution in [0.4, 0.5) is 0 Å². The van der Waals surface area contributed by atoms with Gasteiger partial charge in [0, 0.05) is 18.3 Å². The Morgan fingerprint density at radius 1 is 1.79 bits per heavy atom. The number of aliphatic hydroxyl groups is 1. The van der Waals surface area contributed by atoms with E-state index >= 15 is 0 Å². The molecule has 0 fully saturated rings. The molecule has 1 atom stereocenters. The second kappa shape index (κ2) is 4.57. The monoisotopic (exact) mass is 196 g/mol. The van der Waals surface area contributed by atoms with Crippen molar-refractivity contribution in [3.05, 3.63) is 23.5 Å². The highest BCUT2D eigenvalue weighted by Crippen LogP contribution is 2.00. The Bertz CT molecular complexity index is 331. The first-order valence-electron chi connectivity index (χ1n) is 4.23. The molecule has 0 bridgehead atoms. The Labute approximate surface area is 81.1 Å². The molecule has 0 aliphatic heterocycles. The van der Waals surface area contributed by atoms with Gasteiger partial charge in [0.05, 0.1) is 6.10 Å². The molecule has 1 rings (SSSR count). The topological polar surface area (TPSA) is 82.2 Å². The zero-order valence-corrected chi connectivity index (χ0v) is 7.78. The van der Waals surface area contributed by atoms with Gasteiger partial charge in [-0.2, -0.15) is 0 Å².